The summed E-state index contributed by atoms with van der Waals surface area (Å²) >= 11 is 0. The van der Waals surface area contributed by atoms with E-state index in [0.29, 0.717) is 0 Å². The fourth-order valence-corrected chi connectivity index (χ4v) is 1.80. The lowest BCUT2D eigenvalue weighted by Gasteiger charge is -2.15. The lowest BCUT2D eigenvalue weighted by molar-refractivity contribution is 0.246. The van der Waals surface area contributed by atoms with Crippen LogP contribution in [-0.2, 0) is 0 Å². The van der Waals surface area contributed by atoms with Gasteiger partial charge >= 0.3 is 5.69 Å². The molecule has 0 amide bonds. The van der Waals surface area contributed by atoms with E-state index in [2.05, 4.69) is 15.3 Å². The van der Waals surface area contributed by atoms with Gasteiger partial charge in [-0.2, -0.15) is 0 Å². The first-order valence-corrected chi connectivity index (χ1v) is 5.30. The van der Waals surface area contributed by atoms with Crippen LogP contribution in [0, 0.1) is 0 Å². The Morgan fingerprint density at radius 3 is 2.81 bits per heavy atom. The highest BCUT2D eigenvalue weighted by atomic mass is 16.3. The van der Waals surface area contributed by atoms with E-state index in [9.17, 15) is 9.90 Å². The van der Waals surface area contributed by atoms with Crippen molar-refractivity contribution in [3.8, 4) is 0 Å². The summed E-state index contributed by atoms with van der Waals surface area (Å²) < 4.78 is 0. The minimum absolute atomic E-state index is 0.0357. The zero-order chi connectivity index (χ0) is 11.5. The van der Waals surface area contributed by atoms with Gasteiger partial charge in [-0.3, -0.25) is 0 Å². The van der Waals surface area contributed by atoms with Crippen LogP contribution >= 0.6 is 0 Å². The molecule has 1 heterocycles. The maximum atomic E-state index is 11.1. The van der Waals surface area contributed by atoms with Crippen LogP contribution in [0.15, 0.2) is 23.0 Å². The highest BCUT2D eigenvalue weighted by molar-refractivity contribution is 5.75. The molecule has 1 aromatic carbocycles. The Morgan fingerprint density at radius 1 is 1.38 bits per heavy atom. The van der Waals surface area contributed by atoms with E-state index in [-0.39, 0.29) is 18.3 Å². The number of hydrogen-bond acceptors (Lipinski definition) is 3. The van der Waals surface area contributed by atoms with Gasteiger partial charge in [-0.1, -0.05) is 13.0 Å². The molecule has 0 bridgehead atoms. The Balaban J connectivity index is 2.40. The van der Waals surface area contributed by atoms with E-state index in [1.54, 1.807) is 0 Å². The average molecular weight is 221 g/mol. The van der Waals surface area contributed by atoms with Gasteiger partial charge in [0.1, 0.15) is 0 Å². The number of benzene rings is 1. The number of imidazole rings is 1. The summed E-state index contributed by atoms with van der Waals surface area (Å²) in [7, 11) is 0. The molecule has 86 valence electrons. The molecule has 5 nitrogen and oxygen atoms in total. The number of fused-ring (bicyclic) bond motifs is 1. The minimum Gasteiger partial charge on any atom is -0.394 e. The summed E-state index contributed by atoms with van der Waals surface area (Å²) in [6.45, 7) is 2.81. The second-order valence-corrected chi connectivity index (χ2v) is 3.68. The van der Waals surface area contributed by atoms with Crippen LogP contribution in [0.1, 0.15) is 18.5 Å². The second-order valence-electron chi connectivity index (χ2n) is 3.68. The molecule has 0 saturated carbocycles. The van der Waals surface area contributed by atoms with Crippen molar-refractivity contribution in [2.45, 2.75) is 13.0 Å². The normalized spacial score (nSPS) is 13.1. The molecule has 0 aliphatic carbocycles. The fraction of sp³-hybridized carbons (Fsp3) is 0.364. The van der Waals surface area contributed by atoms with Gasteiger partial charge in [0.05, 0.1) is 23.7 Å². The van der Waals surface area contributed by atoms with Crippen molar-refractivity contribution in [1.29, 1.82) is 0 Å². The summed E-state index contributed by atoms with van der Waals surface area (Å²) in [4.78, 5) is 16.5. The van der Waals surface area contributed by atoms with Gasteiger partial charge in [0.2, 0.25) is 0 Å². The molecule has 1 unspecified atom stereocenters. The molecular weight excluding hydrogens is 206 g/mol. The van der Waals surface area contributed by atoms with Gasteiger partial charge in [-0.15, -0.1) is 0 Å². The van der Waals surface area contributed by atoms with Crippen molar-refractivity contribution in [2.24, 2.45) is 0 Å². The number of rotatable bonds is 4. The quantitative estimate of drug-likeness (QED) is 0.607. The topological polar surface area (TPSA) is 80.9 Å². The van der Waals surface area contributed by atoms with Gasteiger partial charge in [-0.25, -0.2) is 4.79 Å². The molecule has 4 N–H and O–H groups in total. The molecule has 1 atom stereocenters. The number of aromatic nitrogens is 2. The molecule has 0 aliphatic heterocycles. The lowest BCUT2D eigenvalue weighted by atomic mass is 10.1. The van der Waals surface area contributed by atoms with Crippen LogP contribution in [0.2, 0.25) is 0 Å². The number of hydrogen-bond donors (Lipinski definition) is 4. The molecule has 2 aromatic rings. The van der Waals surface area contributed by atoms with Gasteiger partial charge in [-0.05, 0) is 24.2 Å². The van der Waals surface area contributed by atoms with Crippen molar-refractivity contribution in [3.63, 3.8) is 0 Å². The summed E-state index contributed by atoms with van der Waals surface area (Å²) in [5.41, 5.74) is 2.30. The molecule has 16 heavy (non-hydrogen) atoms. The standard InChI is InChI=1S/C11H15N3O2/c1-2-12-10(6-15)7-3-4-8-9(5-7)14-11(16)13-8/h3-5,10,12,15H,2,6H2,1H3,(H2,13,14,16). The Labute approximate surface area is 92.5 Å². The minimum atomic E-state index is -0.212. The maximum Gasteiger partial charge on any atom is 0.323 e. The summed E-state index contributed by atoms with van der Waals surface area (Å²) in [6, 6.07) is 5.52. The van der Waals surface area contributed by atoms with E-state index in [0.717, 1.165) is 23.1 Å². The van der Waals surface area contributed by atoms with Gasteiger partial charge < -0.3 is 20.4 Å². The Morgan fingerprint density at radius 2 is 2.12 bits per heavy atom. The smallest absolute Gasteiger partial charge is 0.323 e. The molecule has 1 aromatic heterocycles. The number of aliphatic hydroxyl groups is 1. The number of aliphatic hydroxyl groups excluding tert-OH is 1. The first-order chi connectivity index (χ1) is 7.74. The molecule has 0 radical (unpaired) electrons. The molecular formula is C11H15N3O2. The van der Waals surface area contributed by atoms with Gasteiger partial charge in [0.15, 0.2) is 0 Å². The van der Waals surface area contributed by atoms with E-state index >= 15 is 0 Å². The molecule has 2 rings (SSSR count). The zero-order valence-electron chi connectivity index (χ0n) is 9.08. The van der Waals surface area contributed by atoms with E-state index < -0.39 is 0 Å². The molecule has 0 fully saturated rings. The summed E-state index contributed by atoms with van der Waals surface area (Å²) in [6.07, 6.45) is 0. The van der Waals surface area contributed by atoms with Crippen LogP contribution in [0.25, 0.3) is 11.0 Å². The highest BCUT2D eigenvalue weighted by Gasteiger charge is 2.09. The number of H-pyrrole nitrogens is 2. The van der Waals surface area contributed by atoms with Crippen LogP contribution in [0.5, 0.6) is 0 Å². The first-order valence-electron chi connectivity index (χ1n) is 5.30. The Hall–Kier alpha value is -1.59. The monoisotopic (exact) mass is 221 g/mol. The van der Waals surface area contributed by atoms with Crippen LogP contribution < -0.4 is 11.0 Å². The van der Waals surface area contributed by atoms with E-state index in [1.165, 1.54) is 0 Å². The largest absolute Gasteiger partial charge is 0.394 e. The lowest BCUT2D eigenvalue weighted by Crippen LogP contribution is -2.23. The molecule has 0 aliphatic rings. The molecule has 0 spiro atoms. The van der Waals surface area contributed by atoms with Crippen LogP contribution in [0.4, 0.5) is 0 Å². The van der Waals surface area contributed by atoms with Gasteiger partial charge in [0, 0.05) is 0 Å². The van der Waals surface area contributed by atoms with Crippen molar-refractivity contribution in [2.75, 3.05) is 13.2 Å². The number of nitrogens with one attached hydrogen (secondary N) is 3. The predicted molar refractivity (Wildman–Crippen MR) is 62.4 cm³/mol. The summed E-state index contributed by atoms with van der Waals surface area (Å²) in [5.74, 6) is 0. The third-order valence-corrected chi connectivity index (χ3v) is 2.58. The fourth-order valence-electron chi connectivity index (χ4n) is 1.80. The van der Waals surface area contributed by atoms with Crippen molar-refractivity contribution >= 4 is 11.0 Å². The summed E-state index contributed by atoms with van der Waals surface area (Å²) in [5, 5.41) is 12.4. The SMILES string of the molecule is CCNC(CO)c1ccc2[nH]c(=O)[nH]c2c1. The third-order valence-electron chi connectivity index (χ3n) is 2.58. The van der Waals surface area contributed by atoms with Crippen molar-refractivity contribution in [1.82, 2.24) is 15.3 Å². The third kappa shape index (κ3) is 2.00. The maximum absolute atomic E-state index is 11.1. The second kappa shape index (κ2) is 4.51. The van der Waals surface area contributed by atoms with Crippen molar-refractivity contribution < 1.29 is 5.11 Å². The number of aromatic amines is 2. The molecule has 0 saturated heterocycles. The van der Waals surface area contributed by atoms with E-state index in [1.807, 2.05) is 25.1 Å². The van der Waals surface area contributed by atoms with Crippen LogP contribution in [0.3, 0.4) is 0 Å². The number of likely N-dealkylation sites (N-methyl/N-ethyl adjacent to an activating group) is 1. The molecule has 5 heteroatoms. The van der Waals surface area contributed by atoms with Gasteiger partial charge in [0.25, 0.3) is 0 Å². The predicted octanol–water partition coefficient (Wildman–Crippen LogP) is 0.499. The zero-order valence-corrected chi connectivity index (χ0v) is 9.08. The average Bonchev–Trinajstić information content (AvgIpc) is 2.64. The van der Waals surface area contributed by atoms with Crippen LogP contribution in [-0.4, -0.2) is 28.2 Å². The highest BCUT2D eigenvalue weighted by Crippen LogP contribution is 2.16. The van der Waals surface area contributed by atoms with Crippen molar-refractivity contribution in [3.05, 3.63) is 34.2 Å². The van der Waals surface area contributed by atoms with E-state index in [4.69, 9.17) is 0 Å². The Bertz CT molecular complexity index is 529. The Kier molecular flexibility index (Phi) is 3.07. The first kappa shape index (κ1) is 10.9.